The lowest BCUT2D eigenvalue weighted by molar-refractivity contribution is -0.114. The molecule has 9 heteroatoms. The summed E-state index contributed by atoms with van der Waals surface area (Å²) in [6.45, 7) is 4.35. The number of amides is 1. The normalized spacial score (nSPS) is 14.0. The van der Waals surface area contributed by atoms with Crippen molar-refractivity contribution in [1.29, 1.82) is 0 Å². The molecular formula is C25H25N5O3S. The van der Waals surface area contributed by atoms with Gasteiger partial charge in [-0.3, -0.25) is 14.3 Å². The molecule has 0 bridgehead atoms. The van der Waals surface area contributed by atoms with Crippen LogP contribution in [-0.2, 0) is 17.1 Å². The van der Waals surface area contributed by atoms with E-state index in [-0.39, 0.29) is 5.91 Å². The first-order valence-electron chi connectivity index (χ1n) is 11.3. The molecule has 2 aromatic heterocycles. The van der Waals surface area contributed by atoms with Crippen LogP contribution in [0.5, 0.6) is 0 Å². The van der Waals surface area contributed by atoms with E-state index in [1.807, 2.05) is 24.3 Å². The molecule has 0 aliphatic carbocycles. The molecule has 34 heavy (non-hydrogen) atoms. The van der Waals surface area contributed by atoms with E-state index in [0.717, 1.165) is 47.3 Å². The van der Waals surface area contributed by atoms with Gasteiger partial charge in [-0.1, -0.05) is 30.0 Å². The lowest BCUT2D eigenvalue weighted by Crippen LogP contribution is -2.21. The number of nitrogens with zero attached hydrogens (tertiary/aromatic N) is 4. The van der Waals surface area contributed by atoms with Gasteiger partial charge in [0.15, 0.2) is 11.0 Å². The van der Waals surface area contributed by atoms with Gasteiger partial charge >= 0.3 is 5.63 Å². The van der Waals surface area contributed by atoms with E-state index in [4.69, 9.17) is 4.42 Å². The lowest BCUT2D eigenvalue weighted by Gasteiger charge is -2.16. The van der Waals surface area contributed by atoms with Crippen LogP contribution in [0.1, 0.15) is 31.2 Å². The highest BCUT2D eigenvalue weighted by Crippen LogP contribution is 2.29. The molecule has 1 N–H and O–H groups in total. The zero-order valence-corrected chi connectivity index (χ0v) is 19.7. The Morgan fingerprint density at radius 3 is 2.65 bits per heavy atom. The van der Waals surface area contributed by atoms with Crippen LogP contribution in [0.15, 0.2) is 69.0 Å². The van der Waals surface area contributed by atoms with Gasteiger partial charge in [-0.15, -0.1) is 10.2 Å². The third kappa shape index (κ3) is 4.90. The Bertz CT molecular complexity index is 1380. The van der Waals surface area contributed by atoms with Crippen molar-refractivity contribution in [3.8, 4) is 5.69 Å². The second kappa shape index (κ2) is 9.82. The molecular weight excluding hydrogens is 450 g/mol. The SMILES string of the molecule is CC(=O)Nc1ccc2c(CSc3nnc(CN4CCCC4)n3-c3ccccc3)cc(=O)oc2c1. The van der Waals surface area contributed by atoms with Crippen LogP contribution in [0.25, 0.3) is 16.7 Å². The maximum atomic E-state index is 12.2. The van der Waals surface area contributed by atoms with E-state index in [2.05, 4.69) is 37.1 Å². The fourth-order valence-electron chi connectivity index (χ4n) is 4.25. The molecule has 2 aromatic carbocycles. The minimum absolute atomic E-state index is 0.182. The number of rotatable bonds is 7. The summed E-state index contributed by atoms with van der Waals surface area (Å²) in [5, 5.41) is 13.3. The molecule has 0 unspecified atom stereocenters. The monoisotopic (exact) mass is 475 g/mol. The first-order valence-corrected chi connectivity index (χ1v) is 12.2. The third-order valence-corrected chi connectivity index (χ3v) is 6.76. The van der Waals surface area contributed by atoms with Gasteiger partial charge in [-0.05, 0) is 55.8 Å². The van der Waals surface area contributed by atoms with Crippen molar-refractivity contribution in [3.05, 3.63) is 76.4 Å². The van der Waals surface area contributed by atoms with Crippen molar-refractivity contribution in [2.75, 3.05) is 18.4 Å². The maximum absolute atomic E-state index is 12.2. The zero-order chi connectivity index (χ0) is 23.5. The van der Waals surface area contributed by atoms with E-state index < -0.39 is 5.63 Å². The molecule has 0 atom stereocenters. The van der Waals surface area contributed by atoms with Crippen LogP contribution in [0.3, 0.4) is 0 Å². The highest BCUT2D eigenvalue weighted by atomic mass is 32.2. The average Bonchev–Trinajstić information content (AvgIpc) is 3.47. The maximum Gasteiger partial charge on any atom is 0.336 e. The second-order valence-corrected chi connectivity index (χ2v) is 9.27. The number of hydrogen-bond donors (Lipinski definition) is 1. The molecule has 3 heterocycles. The summed E-state index contributed by atoms with van der Waals surface area (Å²) in [6, 6.07) is 17.0. The van der Waals surface area contributed by atoms with E-state index in [0.29, 0.717) is 17.0 Å². The molecule has 1 amide bonds. The summed E-state index contributed by atoms with van der Waals surface area (Å²) >= 11 is 1.53. The number of aromatic nitrogens is 3. The molecule has 4 aromatic rings. The standard InChI is InChI=1S/C25H25N5O3S/c1-17(31)26-19-9-10-21-18(13-24(32)33-22(21)14-19)16-34-25-28-27-23(15-29-11-5-6-12-29)30(25)20-7-3-2-4-8-20/h2-4,7-10,13-14H,5-6,11-12,15-16H2,1H3,(H,26,31). The molecule has 1 fully saturated rings. The summed E-state index contributed by atoms with van der Waals surface area (Å²) in [7, 11) is 0. The molecule has 0 spiro atoms. The molecule has 1 aliphatic rings. The van der Waals surface area contributed by atoms with Crippen molar-refractivity contribution in [1.82, 2.24) is 19.7 Å². The van der Waals surface area contributed by atoms with Crippen LogP contribution in [0.2, 0.25) is 0 Å². The highest BCUT2D eigenvalue weighted by molar-refractivity contribution is 7.98. The van der Waals surface area contributed by atoms with Crippen LogP contribution >= 0.6 is 11.8 Å². The summed E-state index contributed by atoms with van der Waals surface area (Å²) in [5.74, 6) is 1.25. The number of likely N-dealkylation sites (tertiary alicyclic amines) is 1. The van der Waals surface area contributed by atoms with Gasteiger partial charge in [0, 0.05) is 41.6 Å². The van der Waals surface area contributed by atoms with Crippen molar-refractivity contribution in [2.45, 2.75) is 37.2 Å². The average molecular weight is 476 g/mol. The molecule has 0 radical (unpaired) electrons. The van der Waals surface area contributed by atoms with Gasteiger partial charge in [0.05, 0.1) is 6.54 Å². The van der Waals surface area contributed by atoms with Crippen molar-refractivity contribution >= 4 is 34.3 Å². The highest BCUT2D eigenvalue weighted by Gasteiger charge is 2.20. The quantitative estimate of drug-likeness (QED) is 0.316. The van der Waals surface area contributed by atoms with Crippen LogP contribution in [0.4, 0.5) is 5.69 Å². The van der Waals surface area contributed by atoms with Gasteiger partial charge in [-0.25, -0.2) is 4.79 Å². The van der Waals surface area contributed by atoms with Crippen LogP contribution in [0, 0.1) is 0 Å². The molecule has 5 rings (SSSR count). The Hall–Kier alpha value is -3.43. The van der Waals surface area contributed by atoms with Crippen LogP contribution in [-0.4, -0.2) is 38.7 Å². The fraction of sp³-hybridized carbons (Fsp3) is 0.280. The minimum atomic E-state index is -0.428. The van der Waals surface area contributed by atoms with Crippen molar-refractivity contribution in [2.24, 2.45) is 0 Å². The molecule has 174 valence electrons. The summed E-state index contributed by atoms with van der Waals surface area (Å²) in [6.07, 6.45) is 2.43. The number of benzene rings is 2. The summed E-state index contributed by atoms with van der Waals surface area (Å²) in [5.41, 5.74) is 2.45. The molecule has 0 saturated carbocycles. The molecule has 8 nitrogen and oxygen atoms in total. The Labute approximate surface area is 201 Å². The third-order valence-electron chi connectivity index (χ3n) is 5.79. The topological polar surface area (TPSA) is 93.3 Å². The Morgan fingerprint density at radius 1 is 1.09 bits per heavy atom. The van der Waals surface area contributed by atoms with E-state index in [9.17, 15) is 9.59 Å². The molecule has 1 saturated heterocycles. The Balaban J connectivity index is 1.45. The smallest absolute Gasteiger partial charge is 0.336 e. The second-order valence-electron chi connectivity index (χ2n) is 8.32. The summed E-state index contributed by atoms with van der Waals surface area (Å²) in [4.78, 5) is 26.0. The van der Waals surface area contributed by atoms with Gasteiger partial charge in [0.25, 0.3) is 0 Å². The van der Waals surface area contributed by atoms with Crippen molar-refractivity contribution < 1.29 is 9.21 Å². The Morgan fingerprint density at radius 2 is 1.88 bits per heavy atom. The Kier molecular flexibility index (Phi) is 6.46. The van der Waals surface area contributed by atoms with E-state index in [1.54, 1.807) is 12.1 Å². The number of fused-ring (bicyclic) bond motifs is 1. The van der Waals surface area contributed by atoms with Gasteiger partial charge in [0.2, 0.25) is 5.91 Å². The largest absolute Gasteiger partial charge is 0.423 e. The number of anilines is 1. The number of thioether (sulfide) groups is 1. The van der Waals surface area contributed by atoms with Gasteiger partial charge in [0.1, 0.15) is 5.58 Å². The van der Waals surface area contributed by atoms with E-state index in [1.165, 1.54) is 37.6 Å². The predicted octanol–water partition coefficient (Wildman–Crippen LogP) is 4.22. The minimum Gasteiger partial charge on any atom is -0.423 e. The van der Waals surface area contributed by atoms with Gasteiger partial charge in [-0.2, -0.15) is 0 Å². The lowest BCUT2D eigenvalue weighted by atomic mass is 10.1. The predicted molar refractivity (Wildman–Crippen MR) is 132 cm³/mol. The number of nitrogens with one attached hydrogen (secondary N) is 1. The number of carbonyl (C=O) groups is 1. The number of carbonyl (C=O) groups excluding carboxylic acids is 1. The first-order chi connectivity index (χ1) is 16.6. The van der Waals surface area contributed by atoms with Crippen molar-refractivity contribution in [3.63, 3.8) is 0 Å². The zero-order valence-electron chi connectivity index (χ0n) is 18.9. The number of hydrogen-bond acceptors (Lipinski definition) is 7. The number of para-hydroxylation sites is 1. The van der Waals surface area contributed by atoms with E-state index >= 15 is 0 Å². The first kappa shape index (κ1) is 22.4. The van der Waals surface area contributed by atoms with Gasteiger partial charge < -0.3 is 9.73 Å². The van der Waals surface area contributed by atoms with Crippen LogP contribution < -0.4 is 10.9 Å². The fourth-order valence-corrected chi connectivity index (χ4v) is 5.21. The molecule has 1 aliphatic heterocycles. The summed E-state index contributed by atoms with van der Waals surface area (Å²) < 4.78 is 7.50.